The summed E-state index contributed by atoms with van der Waals surface area (Å²) in [5.74, 6) is 0.251. The number of esters is 1. The summed E-state index contributed by atoms with van der Waals surface area (Å²) in [6.07, 6.45) is -0.143. The molecule has 0 bridgehead atoms. The molecule has 1 aromatic rings. The van der Waals surface area contributed by atoms with Crippen LogP contribution in [0.15, 0.2) is 30.3 Å². The summed E-state index contributed by atoms with van der Waals surface area (Å²) < 4.78 is 5.07. The summed E-state index contributed by atoms with van der Waals surface area (Å²) in [7, 11) is 0. The number of benzene rings is 1. The first-order valence-corrected chi connectivity index (χ1v) is 4.74. The van der Waals surface area contributed by atoms with Crippen LogP contribution in [-0.4, -0.2) is 17.8 Å². The second kappa shape index (κ2) is 4.92. The van der Waals surface area contributed by atoms with Crippen molar-refractivity contribution in [1.29, 1.82) is 0 Å². The molecule has 0 aliphatic carbocycles. The Kier molecular flexibility index (Phi) is 3.83. The van der Waals surface area contributed by atoms with Crippen LogP contribution in [0.5, 0.6) is 0 Å². The molecule has 0 radical (unpaired) electrons. The molecule has 0 fully saturated rings. The van der Waals surface area contributed by atoms with Crippen molar-refractivity contribution in [3.63, 3.8) is 0 Å². The molecule has 0 aliphatic heterocycles. The highest BCUT2D eigenvalue weighted by Crippen LogP contribution is 2.04. The zero-order valence-corrected chi connectivity index (χ0v) is 8.33. The molecule has 0 saturated heterocycles. The average Bonchev–Trinajstić information content (AvgIpc) is 2.19. The first-order valence-electron chi connectivity index (χ1n) is 4.11. The van der Waals surface area contributed by atoms with Gasteiger partial charge in [0, 0.05) is 5.75 Å². The first-order chi connectivity index (χ1) is 6.24. The molecular weight excluding hydrogens is 184 g/mol. The minimum Gasteiger partial charge on any atom is -0.458 e. The second-order valence-electron chi connectivity index (χ2n) is 2.76. The van der Waals surface area contributed by atoms with Crippen LogP contribution < -0.4 is 0 Å². The molecule has 1 atom stereocenters. The zero-order valence-electron chi connectivity index (χ0n) is 7.43. The lowest BCUT2D eigenvalue weighted by atomic mass is 10.2. The van der Waals surface area contributed by atoms with E-state index in [1.165, 1.54) is 0 Å². The van der Waals surface area contributed by atoms with Gasteiger partial charge in [0.25, 0.3) is 0 Å². The van der Waals surface area contributed by atoms with Crippen molar-refractivity contribution in [3.05, 3.63) is 35.9 Å². The van der Waals surface area contributed by atoms with Gasteiger partial charge in [-0.2, -0.15) is 12.6 Å². The number of ether oxygens (including phenoxy) is 1. The summed E-state index contributed by atoms with van der Waals surface area (Å²) in [4.78, 5) is 11.4. The fourth-order valence-corrected chi connectivity index (χ4v) is 0.937. The van der Waals surface area contributed by atoms with Gasteiger partial charge in [0.2, 0.25) is 0 Å². The minimum absolute atomic E-state index is 0.143. The Morgan fingerprint density at radius 3 is 2.62 bits per heavy atom. The Labute approximate surface area is 83.3 Å². The lowest BCUT2D eigenvalue weighted by Gasteiger charge is -2.09. The van der Waals surface area contributed by atoms with Crippen LogP contribution in [0.25, 0.3) is 0 Å². The Morgan fingerprint density at radius 2 is 2.08 bits per heavy atom. The van der Waals surface area contributed by atoms with E-state index in [1.807, 2.05) is 25.1 Å². The van der Waals surface area contributed by atoms with Gasteiger partial charge in [-0.3, -0.25) is 0 Å². The molecule has 1 unspecified atom stereocenters. The molecule has 0 aromatic heterocycles. The van der Waals surface area contributed by atoms with Gasteiger partial charge >= 0.3 is 5.97 Å². The van der Waals surface area contributed by atoms with Crippen molar-refractivity contribution < 1.29 is 9.53 Å². The van der Waals surface area contributed by atoms with E-state index in [9.17, 15) is 4.79 Å². The molecule has 0 N–H and O–H groups in total. The van der Waals surface area contributed by atoms with E-state index in [2.05, 4.69) is 12.6 Å². The third-order valence-electron chi connectivity index (χ3n) is 1.57. The molecule has 0 amide bonds. The Hall–Kier alpha value is -0.960. The summed E-state index contributed by atoms with van der Waals surface area (Å²) in [5, 5.41) is 0. The predicted octanol–water partition coefficient (Wildman–Crippen LogP) is 2.16. The van der Waals surface area contributed by atoms with E-state index in [0.717, 1.165) is 0 Å². The Balaban J connectivity index is 2.59. The summed E-state index contributed by atoms with van der Waals surface area (Å²) >= 11 is 4.03. The highest BCUT2D eigenvalue weighted by Gasteiger charge is 2.09. The van der Waals surface area contributed by atoms with E-state index >= 15 is 0 Å². The molecule has 1 aromatic carbocycles. The van der Waals surface area contributed by atoms with Crippen LogP contribution in [0.1, 0.15) is 17.3 Å². The van der Waals surface area contributed by atoms with E-state index < -0.39 is 0 Å². The van der Waals surface area contributed by atoms with Crippen LogP contribution in [-0.2, 0) is 4.74 Å². The Morgan fingerprint density at radius 1 is 1.46 bits per heavy atom. The summed E-state index contributed by atoms with van der Waals surface area (Å²) in [6, 6.07) is 8.93. The average molecular weight is 196 g/mol. The predicted molar refractivity (Wildman–Crippen MR) is 55.2 cm³/mol. The van der Waals surface area contributed by atoms with Crippen LogP contribution in [0, 0.1) is 0 Å². The molecule has 0 saturated carbocycles. The maximum Gasteiger partial charge on any atom is 0.338 e. The third-order valence-corrected chi connectivity index (χ3v) is 2.09. The van der Waals surface area contributed by atoms with Gasteiger partial charge in [-0.15, -0.1) is 0 Å². The largest absolute Gasteiger partial charge is 0.458 e. The van der Waals surface area contributed by atoms with Crippen LogP contribution in [0.3, 0.4) is 0 Å². The van der Waals surface area contributed by atoms with Crippen molar-refractivity contribution in [2.45, 2.75) is 13.0 Å². The van der Waals surface area contributed by atoms with Gasteiger partial charge in [0.05, 0.1) is 5.56 Å². The van der Waals surface area contributed by atoms with Crippen molar-refractivity contribution in [1.82, 2.24) is 0 Å². The fourth-order valence-electron chi connectivity index (χ4n) is 0.862. The highest BCUT2D eigenvalue weighted by molar-refractivity contribution is 7.80. The second-order valence-corrected chi connectivity index (χ2v) is 3.13. The van der Waals surface area contributed by atoms with Crippen molar-refractivity contribution >= 4 is 18.6 Å². The lowest BCUT2D eigenvalue weighted by Crippen LogP contribution is -2.16. The number of rotatable bonds is 3. The summed E-state index contributed by atoms with van der Waals surface area (Å²) in [6.45, 7) is 1.81. The van der Waals surface area contributed by atoms with Gasteiger partial charge in [0.15, 0.2) is 0 Å². The molecule has 0 spiro atoms. The van der Waals surface area contributed by atoms with Crippen molar-refractivity contribution in [2.24, 2.45) is 0 Å². The smallest absolute Gasteiger partial charge is 0.338 e. The third kappa shape index (κ3) is 3.11. The highest BCUT2D eigenvalue weighted by atomic mass is 32.1. The van der Waals surface area contributed by atoms with Gasteiger partial charge in [-0.1, -0.05) is 18.2 Å². The molecule has 2 nitrogen and oxygen atoms in total. The molecular formula is C10H12O2S. The monoisotopic (exact) mass is 196 g/mol. The van der Waals surface area contributed by atoms with E-state index in [0.29, 0.717) is 11.3 Å². The Bertz CT molecular complexity index is 272. The van der Waals surface area contributed by atoms with Crippen LogP contribution in [0.4, 0.5) is 0 Å². The number of thiol groups is 1. The van der Waals surface area contributed by atoms with E-state index in [1.54, 1.807) is 12.1 Å². The molecule has 13 heavy (non-hydrogen) atoms. The maximum absolute atomic E-state index is 11.4. The molecule has 0 aliphatic rings. The number of hydrogen-bond acceptors (Lipinski definition) is 3. The lowest BCUT2D eigenvalue weighted by molar-refractivity contribution is 0.0386. The fraction of sp³-hybridized carbons (Fsp3) is 0.300. The van der Waals surface area contributed by atoms with E-state index in [4.69, 9.17) is 4.74 Å². The maximum atomic E-state index is 11.4. The molecule has 1 rings (SSSR count). The zero-order chi connectivity index (χ0) is 9.68. The van der Waals surface area contributed by atoms with Gasteiger partial charge < -0.3 is 4.74 Å². The molecule has 0 heterocycles. The van der Waals surface area contributed by atoms with Gasteiger partial charge in [0.1, 0.15) is 6.10 Å². The number of carbonyl (C=O) groups is 1. The molecule has 70 valence electrons. The van der Waals surface area contributed by atoms with Crippen LogP contribution >= 0.6 is 12.6 Å². The van der Waals surface area contributed by atoms with Crippen LogP contribution in [0.2, 0.25) is 0 Å². The summed E-state index contributed by atoms with van der Waals surface area (Å²) in [5.41, 5.74) is 0.580. The van der Waals surface area contributed by atoms with Gasteiger partial charge in [-0.05, 0) is 19.1 Å². The first kappa shape index (κ1) is 10.1. The number of carbonyl (C=O) groups excluding carboxylic acids is 1. The SMILES string of the molecule is CC(CS)OC(=O)c1ccccc1. The normalized spacial score (nSPS) is 12.2. The minimum atomic E-state index is -0.290. The number of hydrogen-bond donors (Lipinski definition) is 1. The standard InChI is InChI=1S/C10H12O2S/c1-8(7-13)12-10(11)9-5-3-2-4-6-9/h2-6,8,13H,7H2,1H3. The molecule has 3 heteroatoms. The topological polar surface area (TPSA) is 26.3 Å². The quantitative estimate of drug-likeness (QED) is 0.592. The van der Waals surface area contributed by atoms with Gasteiger partial charge in [-0.25, -0.2) is 4.79 Å². The van der Waals surface area contributed by atoms with Crippen molar-refractivity contribution in [3.8, 4) is 0 Å². The van der Waals surface area contributed by atoms with E-state index in [-0.39, 0.29) is 12.1 Å². The van der Waals surface area contributed by atoms with Crippen molar-refractivity contribution in [2.75, 3.05) is 5.75 Å².